The lowest BCUT2D eigenvalue weighted by Crippen LogP contribution is -2.30. The van der Waals surface area contributed by atoms with E-state index in [2.05, 4.69) is 15.4 Å². The molecule has 1 heterocycles. The summed E-state index contributed by atoms with van der Waals surface area (Å²) in [6.07, 6.45) is 1.53. The molecule has 3 N–H and O–H groups in total. The molecule has 9 heteroatoms. The van der Waals surface area contributed by atoms with Crippen molar-refractivity contribution >= 4 is 21.8 Å². The zero-order valence-corrected chi connectivity index (χ0v) is 19.4. The first-order chi connectivity index (χ1) is 15.7. The van der Waals surface area contributed by atoms with Crippen LogP contribution in [0.5, 0.6) is 0 Å². The summed E-state index contributed by atoms with van der Waals surface area (Å²) >= 11 is 0. The monoisotopic (exact) mass is 469 g/mol. The lowest BCUT2D eigenvalue weighted by atomic mass is 10.1. The molecule has 0 atom stereocenters. The van der Waals surface area contributed by atoms with E-state index in [1.54, 1.807) is 60.9 Å². The van der Waals surface area contributed by atoms with Crippen molar-refractivity contribution in [2.45, 2.75) is 38.3 Å². The van der Waals surface area contributed by atoms with Crippen molar-refractivity contribution in [3.8, 4) is 0 Å². The number of sulfonamides is 1. The third kappa shape index (κ3) is 7.03. The average molecular weight is 470 g/mol. The van der Waals surface area contributed by atoms with Gasteiger partial charge >= 0.3 is 0 Å². The molecule has 3 aromatic rings. The van der Waals surface area contributed by atoms with Crippen LogP contribution in [0, 0.1) is 13.8 Å². The lowest BCUT2D eigenvalue weighted by Gasteiger charge is -2.10. The molecular formula is C24H27N3O5S. The van der Waals surface area contributed by atoms with Gasteiger partial charge in [-0.15, -0.1) is 0 Å². The van der Waals surface area contributed by atoms with Gasteiger partial charge in [0.15, 0.2) is 0 Å². The highest BCUT2D eigenvalue weighted by Crippen LogP contribution is 2.14. The standard InChI is InChI=1S/C24H27N3O5S/c1-17-8-9-22(13-18(17)2)33(30,31)27-11-10-23(28)25-15-19-5-3-6-20(14-19)24(29)26-16-21-7-4-12-32-21/h3-9,12-14,27H,10-11,15-16H2,1-2H3,(H,25,28)(H,26,29). The van der Waals surface area contributed by atoms with Gasteiger partial charge in [0.25, 0.3) is 5.91 Å². The van der Waals surface area contributed by atoms with Crippen LogP contribution < -0.4 is 15.4 Å². The molecule has 0 saturated carbocycles. The number of furan rings is 1. The predicted octanol–water partition coefficient (Wildman–Crippen LogP) is 2.81. The Morgan fingerprint density at radius 3 is 2.45 bits per heavy atom. The van der Waals surface area contributed by atoms with Gasteiger partial charge in [0.2, 0.25) is 15.9 Å². The number of hydrogen-bond donors (Lipinski definition) is 3. The summed E-state index contributed by atoms with van der Waals surface area (Å²) in [4.78, 5) is 24.6. The number of carbonyl (C=O) groups is 2. The van der Waals surface area contributed by atoms with Gasteiger partial charge in [-0.05, 0) is 66.9 Å². The fraction of sp³-hybridized carbons (Fsp3) is 0.250. The Kier molecular flexibility index (Phi) is 8.02. The van der Waals surface area contributed by atoms with Gasteiger partial charge in [0, 0.05) is 25.1 Å². The normalized spacial score (nSPS) is 11.2. The first-order valence-electron chi connectivity index (χ1n) is 10.5. The Hall–Kier alpha value is -3.43. The molecule has 8 nitrogen and oxygen atoms in total. The summed E-state index contributed by atoms with van der Waals surface area (Å²) in [5.74, 6) is 0.102. The maximum atomic E-state index is 12.4. The van der Waals surface area contributed by atoms with Crippen molar-refractivity contribution in [2.24, 2.45) is 0 Å². The zero-order valence-electron chi connectivity index (χ0n) is 18.6. The summed E-state index contributed by atoms with van der Waals surface area (Å²) in [7, 11) is -3.68. The SMILES string of the molecule is Cc1ccc(S(=O)(=O)NCCC(=O)NCc2cccc(C(=O)NCc3ccco3)c2)cc1C. The van der Waals surface area contributed by atoms with E-state index in [1.807, 2.05) is 13.8 Å². The van der Waals surface area contributed by atoms with Gasteiger partial charge in [-0.2, -0.15) is 0 Å². The highest BCUT2D eigenvalue weighted by atomic mass is 32.2. The maximum Gasteiger partial charge on any atom is 0.251 e. The smallest absolute Gasteiger partial charge is 0.251 e. The molecule has 0 aliphatic rings. The second-order valence-electron chi connectivity index (χ2n) is 7.63. The number of benzene rings is 2. The van der Waals surface area contributed by atoms with Crippen molar-refractivity contribution < 1.29 is 22.4 Å². The number of amides is 2. The van der Waals surface area contributed by atoms with Crippen molar-refractivity contribution in [1.82, 2.24) is 15.4 Å². The summed E-state index contributed by atoms with van der Waals surface area (Å²) in [6, 6.07) is 15.3. The van der Waals surface area contributed by atoms with Gasteiger partial charge in [-0.1, -0.05) is 18.2 Å². The summed E-state index contributed by atoms with van der Waals surface area (Å²) in [6.45, 7) is 4.25. The van der Waals surface area contributed by atoms with Crippen molar-refractivity contribution in [2.75, 3.05) is 6.54 Å². The molecule has 0 aliphatic heterocycles. The molecule has 0 unspecified atom stereocenters. The minimum Gasteiger partial charge on any atom is -0.467 e. The second kappa shape index (κ2) is 10.9. The van der Waals surface area contributed by atoms with Crippen molar-refractivity contribution in [1.29, 1.82) is 0 Å². The number of aryl methyl sites for hydroxylation is 2. The van der Waals surface area contributed by atoms with E-state index in [1.165, 1.54) is 0 Å². The van der Waals surface area contributed by atoms with Gasteiger partial charge in [-0.3, -0.25) is 9.59 Å². The molecule has 3 rings (SSSR count). The predicted molar refractivity (Wildman–Crippen MR) is 124 cm³/mol. The first kappa shape index (κ1) is 24.2. The Morgan fingerprint density at radius 1 is 0.909 bits per heavy atom. The molecule has 1 aromatic heterocycles. The largest absolute Gasteiger partial charge is 0.467 e. The Morgan fingerprint density at radius 2 is 1.73 bits per heavy atom. The van der Waals surface area contributed by atoms with Crippen LogP contribution in [0.4, 0.5) is 0 Å². The van der Waals surface area contributed by atoms with Crippen LogP contribution in [0.15, 0.2) is 70.2 Å². The fourth-order valence-corrected chi connectivity index (χ4v) is 4.17. The Balaban J connectivity index is 1.45. The molecule has 0 bridgehead atoms. The molecule has 0 aliphatic carbocycles. The quantitative estimate of drug-likeness (QED) is 0.422. The average Bonchev–Trinajstić information content (AvgIpc) is 3.31. The Bertz CT molecular complexity index is 1220. The number of nitrogens with one attached hydrogen (secondary N) is 3. The fourth-order valence-electron chi connectivity index (χ4n) is 3.06. The molecule has 0 spiro atoms. The van der Waals surface area contributed by atoms with Gasteiger partial charge < -0.3 is 15.1 Å². The van der Waals surface area contributed by atoms with Gasteiger partial charge in [-0.25, -0.2) is 13.1 Å². The molecule has 174 valence electrons. The van der Waals surface area contributed by atoms with E-state index in [0.717, 1.165) is 16.7 Å². The number of carbonyl (C=O) groups excluding carboxylic acids is 2. The number of rotatable bonds is 10. The van der Waals surface area contributed by atoms with Gasteiger partial charge in [0.05, 0.1) is 17.7 Å². The molecule has 2 amide bonds. The van der Waals surface area contributed by atoms with E-state index >= 15 is 0 Å². The summed E-state index contributed by atoms with van der Waals surface area (Å²) in [5, 5.41) is 5.51. The molecule has 0 fully saturated rings. The first-order valence-corrected chi connectivity index (χ1v) is 12.0. The van der Waals surface area contributed by atoms with Crippen LogP contribution >= 0.6 is 0 Å². The van der Waals surface area contributed by atoms with Crippen molar-refractivity contribution in [3.63, 3.8) is 0 Å². The van der Waals surface area contributed by atoms with E-state index in [9.17, 15) is 18.0 Å². The van der Waals surface area contributed by atoms with Crippen LogP contribution in [-0.4, -0.2) is 26.8 Å². The second-order valence-corrected chi connectivity index (χ2v) is 9.40. The topological polar surface area (TPSA) is 118 Å². The van der Waals surface area contributed by atoms with Crippen LogP contribution in [0.1, 0.15) is 39.2 Å². The van der Waals surface area contributed by atoms with E-state index in [-0.39, 0.29) is 42.8 Å². The maximum absolute atomic E-state index is 12.4. The zero-order chi connectivity index (χ0) is 23.8. The van der Waals surface area contributed by atoms with Crippen LogP contribution in [0.25, 0.3) is 0 Å². The van der Waals surface area contributed by atoms with Gasteiger partial charge in [0.1, 0.15) is 5.76 Å². The minimum absolute atomic E-state index is 0.00655. The third-order valence-electron chi connectivity index (χ3n) is 5.11. The summed E-state index contributed by atoms with van der Waals surface area (Å²) < 4.78 is 32.4. The third-order valence-corrected chi connectivity index (χ3v) is 6.57. The minimum atomic E-state index is -3.68. The lowest BCUT2D eigenvalue weighted by molar-refractivity contribution is -0.121. The van der Waals surface area contributed by atoms with Crippen LogP contribution in [-0.2, 0) is 27.9 Å². The van der Waals surface area contributed by atoms with E-state index in [4.69, 9.17) is 4.42 Å². The molecule has 0 saturated heterocycles. The van der Waals surface area contributed by atoms with Crippen molar-refractivity contribution in [3.05, 3.63) is 88.9 Å². The molecule has 33 heavy (non-hydrogen) atoms. The summed E-state index contributed by atoms with van der Waals surface area (Å²) in [5.41, 5.74) is 3.11. The highest BCUT2D eigenvalue weighted by Gasteiger charge is 2.15. The molecular weight excluding hydrogens is 442 g/mol. The molecule has 0 radical (unpaired) electrons. The number of hydrogen-bond acceptors (Lipinski definition) is 5. The highest BCUT2D eigenvalue weighted by molar-refractivity contribution is 7.89. The van der Waals surface area contributed by atoms with E-state index < -0.39 is 10.0 Å². The van der Waals surface area contributed by atoms with E-state index in [0.29, 0.717) is 11.3 Å². The van der Waals surface area contributed by atoms with Crippen LogP contribution in [0.2, 0.25) is 0 Å². The Labute approximate surface area is 193 Å². The van der Waals surface area contributed by atoms with Crippen LogP contribution in [0.3, 0.4) is 0 Å². The molecule has 2 aromatic carbocycles.